The highest BCUT2D eigenvalue weighted by Gasteiger charge is 2.12. The van der Waals surface area contributed by atoms with Gasteiger partial charge in [0, 0.05) is 18.4 Å². The van der Waals surface area contributed by atoms with E-state index in [-0.39, 0.29) is 5.97 Å². The van der Waals surface area contributed by atoms with E-state index in [0.717, 1.165) is 22.9 Å². The summed E-state index contributed by atoms with van der Waals surface area (Å²) in [7, 11) is 3.18. The Morgan fingerprint density at radius 1 is 1.09 bits per heavy atom. The number of carbonyl (C=O) groups is 1. The standard InChI is InChI=1S/C15H17NO4.C2H6/c1-5-12-11-8-14(19-4)13(18-3)6-10(11)7-15(16-12)20-9(2)17;1-2/h6-8H,5H2,1-4H3;1-2H3. The van der Waals surface area contributed by atoms with Gasteiger partial charge in [-0.25, -0.2) is 4.98 Å². The first-order valence-corrected chi connectivity index (χ1v) is 7.33. The van der Waals surface area contributed by atoms with Gasteiger partial charge in [0.2, 0.25) is 5.88 Å². The number of benzene rings is 1. The second kappa shape index (κ2) is 8.22. The number of esters is 1. The van der Waals surface area contributed by atoms with Crippen molar-refractivity contribution in [2.75, 3.05) is 14.2 Å². The number of pyridine rings is 1. The molecule has 1 aromatic carbocycles. The number of hydrogen-bond donors (Lipinski definition) is 0. The first-order valence-electron chi connectivity index (χ1n) is 7.33. The summed E-state index contributed by atoms with van der Waals surface area (Å²) in [5, 5.41) is 1.85. The summed E-state index contributed by atoms with van der Waals surface area (Å²) in [4.78, 5) is 15.4. The third-order valence-electron chi connectivity index (χ3n) is 2.97. The summed E-state index contributed by atoms with van der Waals surface area (Å²) in [5.41, 5.74) is 0.847. The van der Waals surface area contributed by atoms with Crippen LogP contribution in [0.1, 0.15) is 33.4 Å². The van der Waals surface area contributed by atoms with Crippen LogP contribution in [0.2, 0.25) is 0 Å². The summed E-state index contributed by atoms with van der Waals surface area (Å²) in [6.07, 6.45) is 0.723. The second-order valence-electron chi connectivity index (χ2n) is 4.28. The zero-order chi connectivity index (χ0) is 16.7. The maximum atomic E-state index is 11.1. The lowest BCUT2D eigenvalue weighted by Crippen LogP contribution is -2.04. The van der Waals surface area contributed by atoms with Crippen LogP contribution in [0.4, 0.5) is 0 Å². The molecule has 0 saturated carbocycles. The molecule has 5 heteroatoms. The minimum absolute atomic E-state index is 0.300. The van der Waals surface area contributed by atoms with Crippen LogP contribution in [0.25, 0.3) is 10.8 Å². The third kappa shape index (κ3) is 3.87. The molecule has 1 heterocycles. The van der Waals surface area contributed by atoms with Crippen molar-refractivity contribution >= 4 is 16.7 Å². The van der Waals surface area contributed by atoms with Crippen molar-refractivity contribution in [1.82, 2.24) is 4.98 Å². The smallest absolute Gasteiger partial charge is 0.309 e. The summed E-state index contributed by atoms with van der Waals surface area (Å²) < 4.78 is 15.7. The molecule has 120 valence electrons. The molecule has 0 unspecified atom stereocenters. The van der Waals surface area contributed by atoms with Crippen molar-refractivity contribution < 1.29 is 19.0 Å². The first-order chi connectivity index (χ1) is 10.6. The van der Waals surface area contributed by atoms with E-state index >= 15 is 0 Å². The highest BCUT2D eigenvalue weighted by atomic mass is 16.5. The molecular formula is C17H23NO4. The molecule has 0 amide bonds. The summed E-state index contributed by atoms with van der Waals surface area (Å²) in [6, 6.07) is 5.46. The lowest BCUT2D eigenvalue weighted by molar-refractivity contribution is -0.132. The molecule has 2 rings (SSSR count). The van der Waals surface area contributed by atoms with Crippen molar-refractivity contribution in [3.63, 3.8) is 0 Å². The number of methoxy groups -OCH3 is 2. The number of fused-ring (bicyclic) bond motifs is 1. The molecule has 5 nitrogen and oxygen atoms in total. The topological polar surface area (TPSA) is 57.7 Å². The van der Waals surface area contributed by atoms with E-state index in [9.17, 15) is 4.79 Å². The van der Waals surface area contributed by atoms with Crippen LogP contribution < -0.4 is 14.2 Å². The maximum Gasteiger partial charge on any atom is 0.309 e. The van der Waals surface area contributed by atoms with Crippen LogP contribution in [-0.2, 0) is 11.2 Å². The maximum absolute atomic E-state index is 11.1. The molecule has 0 spiro atoms. The second-order valence-corrected chi connectivity index (χ2v) is 4.28. The quantitative estimate of drug-likeness (QED) is 0.805. The van der Waals surface area contributed by atoms with Gasteiger partial charge in [0.1, 0.15) is 0 Å². The van der Waals surface area contributed by atoms with E-state index in [0.29, 0.717) is 17.4 Å². The van der Waals surface area contributed by atoms with Gasteiger partial charge in [-0.15, -0.1) is 0 Å². The van der Waals surface area contributed by atoms with E-state index in [1.165, 1.54) is 6.92 Å². The molecule has 0 bridgehead atoms. The van der Waals surface area contributed by atoms with Crippen molar-refractivity contribution in [3.05, 3.63) is 23.9 Å². The SMILES string of the molecule is CC.CCc1nc(OC(C)=O)cc2cc(OC)c(OC)cc12. The summed E-state index contributed by atoms with van der Waals surface area (Å²) >= 11 is 0. The number of nitrogens with zero attached hydrogens (tertiary/aromatic N) is 1. The Balaban J connectivity index is 0.00000116. The van der Waals surface area contributed by atoms with Gasteiger partial charge in [0.15, 0.2) is 11.5 Å². The predicted molar refractivity (Wildman–Crippen MR) is 86.9 cm³/mol. The van der Waals surface area contributed by atoms with E-state index in [4.69, 9.17) is 14.2 Å². The average molecular weight is 305 g/mol. The van der Waals surface area contributed by atoms with Crippen molar-refractivity contribution in [3.8, 4) is 17.4 Å². The Morgan fingerprint density at radius 3 is 2.18 bits per heavy atom. The van der Waals surface area contributed by atoms with Gasteiger partial charge in [0.05, 0.1) is 19.9 Å². The zero-order valence-electron chi connectivity index (χ0n) is 14.0. The molecule has 2 aromatic rings. The van der Waals surface area contributed by atoms with Crippen LogP contribution in [0.15, 0.2) is 18.2 Å². The molecule has 0 atom stereocenters. The molecule has 0 aliphatic rings. The molecule has 0 aliphatic carbocycles. The lowest BCUT2D eigenvalue weighted by Gasteiger charge is -2.12. The largest absolute Gasteiger partial charge is 0.493 e. The van der Waals surface area contributed by atoms with Gasteiger partial charge in [-0.2, -0.15) is 0 Å². The van der Waals surface area contributed by atoms with Gasteiger partial charge in [-0.1, -0.05) is 20.8 Å². The number of ether oxygens (including phenoxy) is 3. The number of aryl methyl sites for hydroxylation is 1. The Hall–Kier alpha value is -2.30. The Labute approximate surface area is 131 Å². The fourth-order valence-electron chi connectivity index (χ4n) is 2.09. The van der Waals surface area contributed by atoms with E-state index in [2.05, 4.69) is 4.98 Å². The molecular weight excluding hydrogens is 282 g/mol. The third-order valence-corrected chi connectivity index (χ3v) is 2.97. The van der Waals surface area contributed by atoms with Gasteiger partial charge >= 0.3 is 5.97 Å². The van der Waals surface area contributed by atoms with Crippen molar-refractivity contribution in [2.45, 2.75) is 34.1 Å². The first kappa shape index (κ1) is 17.8. The minimum atomic E-state index is -0.389. The van der Waals surface area contributed by atoms with Gasteiger partial charge in [0.25, 0.3) is 0 Å². The molecule has 1 aromatic heterocycles. The fourth-order valence-corrected chi connectivity index (χ4v) is 2.09. The average Bonchev–Trinajstić information content (AvgIpc) is 2.54. The molecule has 0 radical (unpaired) electrons. The van der Waals surface area contributed by atoms with Gasteiger partial charge < -0.3 is 14.2 Å². The normalized spacial score (nSPS) is 9.73. The van der Waals surface area contributed by atoms with Crippen LogP contribution >= 0.6 is 0 Å². The van der Waals surface area contributed by atoms with Crippen LogP contribution in [-0.4, -0.2) is 25.2 Å². The summed E-state index contributed by atoms with van der Waals surface area (Å²) in [5.74, 6) is 1.19. The predicted octanol–water partition coefficient (Wildman–Crippen LogP) is 3.77. The molecule has 0 fully saturated rings. The van der Waals surface area contributed by atoms with Crippen LogP contribution in [0, 0.1) is 0 Å². The summed E-state index contributed by atoms with van der Waals surface area (Å²) in [6.45, 7) is 7.35. The number of aromatic nitrogens is 1. The van der Waals surface area contributed by atoms with E-state index in [1.807, 2.05) is 32.9 Å². The van der Waals surface area contributed by atoms with Crippen LogP contribution in [0.5, 0.6) is 17.4 Å². The monoisotopic (exact) mass is 305 g/mol. The van der Waals surface area contributed by atoms with E-state index < -0.39 is 0 Å². The highest BCUT2D eigenvalue weighted by molar-refractivity contribution is 5.89. The molecule has 0 aliphatic heterocycles. The highest BCUT2D eigenvalue weighted by Crippen LogP contribution is 2.34. The Kier molecular flexibility index (Phi) is 6.63. The van der Waals surface area contributed by atoms with E-state index in [1.54, 1.807) is 20.3 Å². The minimum Gasteiger partial charge on any atom is -0.493 e. The number of rotatable bonds is 4. The lowest BCUT2D eigenvalue weighted by atomic mass is 10.1. The zero-order valence-corrected chi connectivity index (χ0v) is 14.0. The molecule has 22 heavy (non-hydrogen) atoms. The number of hydrogen-bond acceptors (Lipinski definition) is 5. The van der Waals surface area contributed by atoms with Gasteiger partial charge in [-0.05, 0) is 23.9 Å². The molecule has 0 saturated heterocycles. The van der Waals surface area contributed by atoms with Gasteiger partial charge in [-0.3, -0.25) is 4.79 Å². The van der Waals surface area contributed by atoms with Crippen molar-refractivity contribution in [2.24, 2.45) is 0 Å². The Bertz CT molecular complexity index is 653. The fraction of sp³-hybridized carbons (Fsp3) is 0.412. The molecule has 0 N–H and O–H groups in total. The Morgan fingerprint density at radius 2 is 1.68 bits per heavy atom. The van der Waals surface area contributed by atoms with Crippen LogP contribution in [0.3, 0.4) is 0 Å². The number of carbonyl (C=O) groups excluding carboxylic acids is 1. The van der Waals surface area contributed by atoms with Crippen molar-refractivity contribution in [1.29, 1.82) is 0 Å².